The van der Waals surface area contributed by atoms with E-state index in [-0.39, 0.29) is 11.5 Å². The predicted octanol–water partition coefficient (Wildman–Crippen LogP) is 4.98. The fourth-order valence-electron chi connectivity index (χ4n) is 3.05. The van der Waals surface area contributed by atoms with Crippen LogP contribution in [0.4, 0.5) is 15.2 Å². The van der Waals surface area contributed by atoms with E-state index in [1.165, 1.54) is 23.5 Å². The highest BCUT2D eigenvalue weighted by Gasteiger charge is 2.21. The molecule has 0 radical (unpaired) electrons. The largest absolute Gasteiger partial charge is 0.329 e. The number of aliphatic imine (C=N–C) groups is 1. The standard InChI is InChI=1S/C20H16ClFN4OS/c1-10-13-4-6-17(24-15(13)7-8-23-10)19(27)18-11(2)28-20(26-18)25-16-5-3-12(21)9-14(16)22/h3-6,9H,7-8H2,1-2H3,(H,25,26). The van der Waals surface area contributed by atoms with Gasteiger partial charge in [-0.05, 0) is 44.2 Å². The first-order valence-electron chi connectivity index (χ1n) is 8.68. The molecule has 0 bridgehead atoms. The molecule has 8 heteroatoms. The summed E-state index contributed by atoms with van der Waals surface area (Å²) in [7, 11) is 0. The van der Waals surface area contributed by atoms with E-state index in [0.29, 0.717) is 34.5 Å². The van der Waals surface area contributed by atoms with Crippen molar-refractivity contribution in [2.45, 2.75) is 20.3 Å². The van der Waals surface area contributed by atoms with Crippen LogP contribution in [0.3, 0.4) is 0 Å². The fraction of sp³-hybridized carbons (Fsp3) is 0.200. The molecule has 3 heterocycles. The van der Waals surface area contributed by atoms with E-state index in [1.807, 2.05) is 19.9 Å². The van der Waals surface area contributed by atoms with Crippen molar-refractivity contribution >= 4 is 45.3 Å². The molecular formula is C20H16ClFN4OS. The van der Waals surface area contributed by atoms with Crippen LogP contribution in [0.15, 0.2) is 35.3 Å². The summed E-state index contributed by atoms with van der Waals surface area (Å²) >= 11 is 7.06. The zero-order chi connectivity index (χ0) is 19.8. The van der Waals surface area contributed by atoms with Gasteiger partial charge in [0.1, 0.15) is 17.2 Å². The lowest BCUT2D eigenvalue weighted by molar-refractivity contribution is 0.102. The number of carbonyl (C=O) groups is 1. The van der Waals surface area contributed by atoms with Gasteiger partial charge in [-0.1, -0.05) is 11.6 Å². The molecule has 3 aromatic rings. The van der Waals surface area contributed by atoms with Crippen molar-refractivity contribution in [3.05, 3.63) is 68.7 Å². The Labute approximate surface area is 170 Å². The van der Waals surface area contributed by atoms with Gasteiger partial charge < -0.3 is 5.32 Å². The van der Waals surface area contributed by atoms with Gasteiger partial charge in [-0.3, -0.25) is 9.79 Å². The SMILES string of the molecule is CC1=NCCc2nc(C(=O)c3nc(Nc4ccc(Cl)cc4F)sc3C)ccc21. The highest BCUT2D eigenvalue weighted by atomic mass is 35.5. The van der Waals surface area contributed by atoms with E-state index in [2.05, 4.69) is 20.3 Å². The van der Waals surface area contributed by atoms with E-state index < -0.39 is 5.82 Å². The highest BCUT2D eigenvalue weighted by molar-refractivity contribution is 7.15. The zero-order valence-corrected chi connectivity index (χ0v) is 16.8. The van der Waals surface area contributed by atoms with Crippen molar-refractivity contribution in [1.29, 1.82) is 0 Å². The van der Waals surface area contributed by atoms with Crippen LogP contribution >= 0.6 is 22.9 Å². The third-order valence-corrected chi connectivity index (χ3v) is 5.60. The minimum Gasteiger partial charge on any atom is -0.329 e. The number of carbonyl (C=O) groups excluding carboxylic acids is 1. The van der Waals surface area contributed by atoms with Crippen LogP contribution in [0, 0.1) is 12.7 Å². The lowest BCUT2D eigenvalue weighted by Gasteiger charge is -2.13. The summed E-state index contributed by atoms with van der Waals surface area (Å²) in [5.41, 5.74) is 3.72. The Morgan fingerprint density at radius 3 is 2.82 bits per heavy atom. The topological polar surface area (TPSA) is 67.2 Å². The Hall–Kier alpha value is -2.64. The summed E-state index contributed by atoms with van der Waals surface area (Å²) in [4.78, 5) is 27.0. The number of benzene rings is 1. The second-order valence-corrected chi connectivity index (χ2v) is 8.05. The first-order chi connectivity index (χ1) is 13.4. The number of hydrogen-bond donors (Lipinski definition) is 1. The Morgan fingerprint density at radius 2 is 2.04 bits per heavy atom. The summed E-state index contributed by atoms with van der Waals surface area (Å²) in [6.07, 6.45) is 0.715. The number of halogens is 2. The minimum absolute atomic E-state index is 0.249. The van der Waals surface area contributed by atoms with Crippen molar-refractivity contribution in [2.24, 2.45) is 4.99 Å². The number of ketones is 1. The monoisotopic (exact) mass is 414 g/mol. The normalized spacial score (nSPS) is 13.1. The molecule has 0 unspecified atom stereocenters. The molecule has 0 saturated heterocycles. The quantitative estimate of drug-likeness (QED) is 0.611. The number of aromatic nitrogens is 2. The number of nitrogens with one attached hydrogen (secondary N) is 1. The van der Waals surface area contributed by atoms with Gasteiger partial charge in [-0.25, -0.2) is 14.4 Å². The molecule has 0 saturated carbocycles. The van der Waals surface area contributed by atoms with Crippen molar-refractivity contribution in [2.75, 3.05) is 11.9 Å². The lowest BCUT2D eigenvalue weighted by atomic mass is 10.0. The number of fused-ring (bicyclic) bond motifs is 1. The zero-order valence-electron chi connectivity index (χ0n) is 15.2. The van der Waals surface area contributed by atoms with Gasteiger partial charge in [0, 0.05) is 34.1 Å². The molecule has 1 aliphatic heterocycles. The molecule has 142 valence electrons. The van der Waals surface area contributed by atoms with E-state index >= 15 is 0 Å². The van der Waals surface area contributed by atoms with Crippen molar-refractivity contribution < 1.29 is 9.18 Å². The lowest BCUT2D eigenvalue weighted by Crippen LogP contribution is -2.15. The van der Waals surface area contributed by atoms with Crippen LogP contribution in [0.2, 0.25) is 5.02 Å². The number of rotatable bonds is 4. The summed E-state index contributed by atoms with van der Waals surface area (Å²) in [6, 6.07) is 7.93. The van der Waals surface area contributed by atoms with Crippen LogP contribution in [-0.2, 0) is 6.42 Å². The molecule has 4 rings (SSSR count). The van der Waals surface area contributed by atoms with Gasteiger partial charge >= 0.3 is 0 Å². The van der Waals surface area contributed by atoms with Crippen LogP contribution in [0.1, 0.15) is 39.2 Å². The molecule has 2 aromatic heterocycles. The Morgan fingerprint density at radius 1 is 1.21 bits per heavy atom. The van der Waals surface area contributed by atoms with Gasteiger partial charge in [-0.2, -0.15) is 0 Å². The number of thiazole rings is 1. The number of aryl methyl sites for hydroxylation is 1. The first-order valence-corrected chi connectivity index (χ1v) is 9.87. The van der Waals surface area contributed by atoms with Gasteiger partial charge in [0.15, 0.2) is 5.13 Å². The van der Waals surface area contributed by atoms with Gasteiger partial charge in [0.2, 0.25) is 5.78 Å². The van der Waals surface area contributed by atoms with E-state index in [9.17, 15) is 9.18 Å². The smallest absolute Gasteiger partial charge is 0.230 e. The van der Waals surface area contributed by atoms with Gasteiger partial charge in [0.25, 0.3) is 0 Å². The molecular weight excluding hydrogens is 399 g/mol. The van der Waals surface area contributed by atoms with E-state index in [0.717, 1.165) is 21.8 Å². The molecule has 1 aliphatic rings. The molecule has 5 nitrogen and oxygen atoms in total. The number of pyridine rings is 1. The number of hydrogen-bond acceptors (Lipinski definition) is 6. The van der Waals surface area contributed by atoms with Crippen LogP contribution in [0.5, 0.6) is 0 Å². The molecule has 0 amide bonds. The molecule has 0 atom stereocenters. The van der Waals surface area contributed by atoms with Crippen LogP contribution in [0.25, 0.3) is 0 Å². The molecule has 0 aliphatic carbocycles. The fourth-order valence-corrected chi connectivity index (χ4v) is 4.03. The highest BCUT2D eigenvalue weighted by Crippen LogP contribution is 2.29. The van der Waals surface area contributed by atoms with Crippen molar-refractivity contribution in [3.8, 4) is 0 Å². The predicted molar refractivity (Wildman–Crippen MR) is 110 cm³/mol. The molecule has 1 N–H and O–H groups in total. The molecule has 0 fully saturated rings. The second-order valence-electron chi connectivity index (χ2n) is 6.41. The molecule has 0 spiro atoms. The average molecular weight is 415 g/mol. The second kappa shape index (κ2) is 7.41. The molecule has 1 aromatic carbocycles. The summed E-state index contributed by atoms with van der Waals surface area (Å²) in [6.45, 7) is 4.43. The van der Waals surface area contributed by atoms with Crippen LogP contribution in [-0.4, -0.2) is 28.0 Å². The summed E-state index contributed by atoms with van der Waals surface area (Å²) in [5.74, 6) is -0.733. The first kappa shape index (κ1) is 18.7. The summed E-state index contributed by atoms with van der Waals surface area (Å²) in [5, 5.41) is 3.65. The van der Waals surface area contributed by atoms with Crippen LogP contribution < -0.4 is 5.32 Å². The maximum absolute atomic E-state index is 14.0. The maximum atomic E-state index is 14.0. The number of nitrogens with zero attached hydrogens (tertiary/aromatic N) is 3. The Bertz CT molecular complexity index is 1130. The third-order valence-electron chi connectivity index (χ3n) is 4.48. The third kappa shape index (κ3) is 3.55. The van der Waals surface area contributed by atoms with E-state index in [4.69, 9.17) is 11.6 Å². The Balaban J connectivity index is 1.61. The number of anilines is 2. The minimum atomic E-state index is -0.485. The van der Waals surface area contributed by atoms with Crippen molar-refractivity contribution in [1.82, 2.24) is 9.97 Å². The average Bonchev–Trinajstić information content (AvgIpc) is 3.03. The summed E-state index contributed by atoms with van der Waals surface area (Å²) < 4.78 is 14.0. The van der Waals surface area contributed by atoms with Crippen molar-refractivity contribution in [3.63, 3.8) is 0 Å². The Kier molecular flexibility index (Phi) is 4.95. The maximum Gasteiger partial charge on any atom is 0.230 e. The van der Waals surface area contributed by atoms with E-state index in [1.54, 1.807) is 12.1 Å². The van der Waals surface area contributed by atoms with Gasteiger partial charge in [0.05, 0.1) is 11.4 Å². The molecule has 28 heavy (non-hydrogen) atoms. The van der Waals surface area contributed by atoms with Gasteiger partial charge in [-0.15, -0.1) is 11.3 Å².